The molecule has 0 aliphatic heterocycles. The van der Waals surface area contributed by atoms with Crippen molar-refractivity contribution in [2.24, 2.45) is 5.92 Å². The fourth-order valence-corrected chi connectivity index (χ4v) is 3.97. The summed E-state index contributed by atoms with van der Waals surface area (Å²) in [6, 6.07) is 4.18. The zero-order chi connectivity index (χ0) is 17.9. The number of ether oxygens (including phenoxy) is 1. The highest BCUT2D eigenvalue weighted by molar-refractivity contribution is 7.90. The van der Waals surface area contributed by atoms with Gasteiger partial charge in [-0.3, -0.25) is 0 Å². The highest BCUT2D eigenvalue weighted by Gasteiger charge is 2.59. The first-order valence-corrected chi connectivity index (χ1v) is 9.09. The zero-order valence-electron chi connectivity index (χ0n) is 12.5. The number of fused-ring (bicyclic) bond motifs is 1. The number of rotatable bonds is 3. The van der Waals surface area contributed by atoms with Gasteiger partial charge in [0.1, 0.15) is 18.0 Å². The maximum absolute atomic E-state index is 14.3. The van der Waals surface area contributed by atoms with Crippen molar-refractivity contribution in [3.05, 3.63) is 23.3 Å². The molecule has 0 saturated heterocycles. The molecule has 130 valence electrons. The van der Waals surface area contributed by atoms with E-state index in [4.69, 9.17) is 10.00 Å². The molecule has 1 aromatic carbocycles. The molecule has 0 aromatic heterocycles. The van der Waals surface area contributed by atoms with E-state index in [0.717, 1.165) is 18.4 Å². The van der Waals surface area contributed by atoms with Crippen molar-refractivity contribution in [2.45, 2.75) is 42.0 Å². The van der Waals surface area contributed by atoms with Gasteiger partial charge in [0.25, 0.3) is 0 Å². The lowest BCUT2D eigenvalue weighted by Crippen LogP contribution is -2.33. The molecule has 1 N–H and O–H groups in total. The van der Waals surface area contributed by atoms with Crippen molar-refractivity contribution in [3.63, 3.8) is 0 Å². The van der Waals surface area contributed by atoms with Crippen molar-refractivity contribution in [1.29, 1.82) is 5.26 Å². The Morgan fingerprint density at radius 2 is 1.96 bits per heavy atom. The Morgan fingerprint density at radius 3 is 2.50 bits per heavy atom. The maximum atomic E-state index is 14.3. The Bertz CT molecular complexity index is 828. The second kappa shape index (κ2) is 5.36. The summed E-state index contributed by atoms with van der Waals surface area (Å²) in [6.07, 6.45) is -4.30. The van der Waals surface area contributed by atoms with Crippen LogP contribution in [-0.2, 0) is 9.84 Å². The van der Waals surface area contributed by atoms with Gasteiger partial charge in [-0.05, 0) is 12.1 Å². The van der Waals surface area contributed by atoms with Gasteiger partial charge in [0.05, 0.1) is 16.9 Å². The Hall–Kier alpha value is -1.79. The van der Waals surface area contributed by atoms with E-state index < -0.39 is 50.2 Å². The van der Waals surface area contributed by atoms with Crippen LogP contribution in [0.5, 0.6) is 5.75 Å². The third-order valence-corrected chi connectivity index (χ3v) is 5.56. The Morgan fingerprint density at radius 1 is 1.33 bits per heavy atom. The molecule has 0 spiro atoms. The minimum Gasteiger partial charge on any atom is -0.490 e. The van der Waals surface area contributed by atoms with Gasteiger partial charge in [-0.1, -0.05) is 0 Å². The van der Waals surface area contributed by atoms with Crippen LogP contribution >= 0.6 is 0 Å². The number of nitriles is 1. The van der Waals surface area contributed by atoms with Gasteiger partial charge in [0.15, 0.2) is 16.0 Å². The van der Waals surface area contributed by atoms with Crippen molar-refractivity contribution in [2.75, 3.05) is 6.26 Å². The normalized spacial score (nSPS) is 31.0. The van der Waals surface area contributed by atoms with E-state index in [1.807, 2.05) is 6.07 Å². The summed E-state index contributed by atoms with van der Waals surface area (Å²) < 4.78 is 71.1. The number of halogens is 3. The SMILES string of the molecule is CS(=O)(=O)c1ccc(O[C@H]2C[C@@H](C#N)C2)c2c1[C@H](O)C(F)(F)[C@@H]2F. The van der Waals surface area contributed by atoms with E-state index in [9.17, 15) is 26.7 Å². The van der Waals surface area contributed by atoms with Crippen LogP contribution in [0.2, 0.25) is 0 Å². The number of aliphatic hydroxyl groups is 1. The van der Waals surface area contributed by atoms with E-state index in [2.05, 4.69) is 0 Å². The summed E-state index contributed by atoms with van der Waals surface area (Å²) in [5.74, 6) is -4.56. The number of hydrogen-bond donors (Lipinski definition) is 1. The first-order chi connectivity index (χ1) is 11.1. The minimum atomic E-state index is -4.14. The van der Waals surface area contributed by atoms with Gasteiger partial charge in [0, 0.05) is 30.2 Å². The van der Waals surface area contributed by atoms with Gasteiger partial charge >= 0.3 is 5.92 Å². The number of aliphatic hydroxyl groups excluding tert-OH is 1. The predicted octanol–water partition coefficient (Wildman–Crippen LogP) is 2.46. The van der Waals surface area contributed by atoms with Crippen LogP contribution < -0.4 is 4.74 Å². The molecule has 2 aliphatic carbocycles. The average Bonchev–Trinajstić information content (AvgIpc) is 2.63. The van der Waals surface area contributed by atoms with Gasteiger partial charge in [-0.2, -0.15) is 14.0 Å². The third kappa shape index (κ3) is 2.45. The molecule has 5 nitrogen and oxygen atoms in total. The lowest BCUT2D eigenvalue weighted by atomic mass is 9.83. The molecule has 0 unspecified atom stereocenters. The molecule has 2 atom stereocenters. The van der Waals surface area contributed by atoms with Gasteiger partial charge in [-0.15, -0.1) is 0 Å². The second-order valence-electron chi connectivity index (χ2n) is 6.14. The van der Waals surface area contributed by atoms with Crippen LogP contribution in [0, 0.1) is 17.2 Å². The van der Waals surface area contributed by atoms with Crippen LogP contribution in [-0.4, -0.2) is 31.8 Å². The maximum Gasteiger partial charge on any atom is 0.312 e. The fourth-order valence-electron chi connectivity index (χ4n) is 3.04. The van der Waals surface area contributed by atoms with E-state index in [-0.39, 0.29) is 11.7 Å². The standard InChI is InChI=1S/C15H14F3NO4S/c1-24(21,22)10-3-2-9(23-8-4-7(5-8)6-19)11-12(10)14(20)15(17,18)13(11)16/h2-3,7-8,13-14,20H,4-5H2,1H3/t7-,8+,13-,14+/m1/s1. The number of benzene rings is 1. The van der Waals surface area contributed by atoms with Crippen molar-refractivity contribution < 1.29 is 31.4 Å². The van der Waals surface area contributed by atoms with E-state index in [0.29, 0.717) is 12.8 Å². The molecule has 2 aliphatic rings. The molecule has 9 heteroatoms. The van der Waals surface area contributed by atoms with Gasteiger partial charge < -0.3 is 9.84 Å². The molecule has 0 heterocycles. The summed E-state index contributed by atoms with van der Waals surface area (Å²) in [5.41, 5.74) is -1.28. The molecule has 1 fully saturated rings. The van der Waals surface area contributed by atoms with E-state index in [1.165, 1.54) is 0 Å². The summed E-state index contributed by atoms with van der Waals surface area (Å²) in [4.78, 5) is -0.541. The van der Waals surface area contributed by atoms with Gasteiger partial charge in [-0.25, -0.2) is 12.8 Å². The summed E-state index contributed by atoms with van der Waals surface area (Å²) in [5, 5.41) is 18.5. The lowest BCUT2D eigenvalue weighted by Gasteiger charge is -2.31. The highest BCUT2D eigenvalue weighted by atomic mass is 32.2. The van der Waals surface area contributed by atoms with Crippen LogP contribution in [0.15, 0.2) is 17.0 Å². The summed E-state index contributed by atoms with van der Waals surface area (Å²) in [7, 11) is -3.94. The average molecular weight is 361 g/mol. The molecule has 0 amide bonds. The molecule has 0 radical (unpaired) electrons. The lowest BCUT2D eigenvalue weighted by molar-refractivity contribution is -0.144. The Kier molecular flexibility index (Phi) is 3.81. The molecular formula is C15H14F3NO4S. The monoisotopic (exact) mass is 361 g/mol. The van der Waals surface area contributed by atoms with E-state index >= 15 is 0 Å². The molecule has 3 rings (SSSR count). The molecule has 0 bridgehead atoms. The predicted molar refractivity (Wildman–Crippen MR) is 76.1 cm³/mol. The van der Waals surface area contributed by atoms with Gasteiger partial charge in [0.2, 0.25) is 0 Å². The Labute approximate surface area is 136 Å². The van der Waals surface area contributed by atoms with Crippen molar-refractivity contribution in [3.8, 4) is 11.8 Å². The molecule has 24 heavy (non-hydrogen) atoms. The Balaban J connectivity index is 2.07. The third-order valence-electron chi connectivity index (χ3n) is 4.41. The molecular weight excluding hydrogens is 347 g/mol. The largest absolute Gasteiger partial charge is 0.490 e. The van der Waals surface area contributed by atoms with E-state index in [1.54, 1.807) is 0 Å². The van der Waals surface area contributed by atoms with Crippen LogP contribution in [0.4, 0.5) is 13.2 Å². The quantitative estimate of drug-likeness (QED) is 0.894. The summed E-state index contributed by atoms with van der Waals surface area (Å²) in [6.45, 7) is 0. The highest BCUT2D eigenvalue weighted by Crippen LogP contribution is 2.57. The smallest absolute Gasteiger partial charge is 0.312 e. The number of hydrogen-bond acceptors (Lipinski definition) is 5. The molecule has 1 saturated carbocycles. The number of alkyl halides is 3. The number of nitrogens with zero attached hydrogens (tertiary/aromatic N) is 1. The van der Waals surface area contributed by atoms with Crippen LogP contribution in [0.3, 0.4) is 0 Å². The fraction of sp³-hybridized carbons (Fsp3) is 0.533. The van der Waals surface area contributed by atoms with Crippen molar-refractivity contribution >= 4 is 9.84 Å². The van der Waals surface area contributed by atoms with Crippen LogP contribution in [0.1, 0.15) is 36.2 Å². The first-order valence-electron chi connectivity index (χ1n) is 7.20. The first kappa shape index (κ1) is 17.0. The zero-order valence-corrected chi connectivity index (χ0v) is 13.4. The second-order valence-corrected chi connectivity index (χ2v) is 8.12. The van der Waals surface area contributed by atoms with Crippen molar-refractivity contribution in [1.82, 2.24) is 0 Å². The number of sulfone groups is 1. The molecule has 1 aromatic rings. The van der Waals surface area contributed by atoms with Crippen LogP contribution in [0.25, 0.3) is 0 Å². The summed E-state index contributed by atoms with van der Waals surface area (Å²) >= 11 is 0. The topological polar surface area (TPSA) is 87.4 Å². The minimum absolute atomic E-state index is 0.202.